The number of thiol groups is 3. The fourth-order valence-electron chi connectivity index (χ4n) is 2.96. The van der Waals surface area contributed by atoms with Crippen LogP contribution in [0, 0.1) is 0 Å². The van der Waals surface area contributed by atoms with Gasteiger partial charge in [-0.1, -0.05) is 0 Å². The molecule has 2 heterocycles. The summed E-state index contributed by atoms with van der Waals surface area (Å²) in [5, 5.41) is 50.7. The zero-order valence-corrected chi connectivity index (χ0v) is 17.2. The van der Waals surface area contributed by atoms with Gasteiger partial charge in [0, 0.05) is 11.5 Å². The molecule has 5 N–H and O–H groups in total. The Kier molecular flexibility index (Phi) is 9.92. The Hall–Kier alpha value is 0.690. The Bertz CT molecular complexity index is 445. The highest BCUT2D eigenvalue weighted by molar-refractivity contribution is 7.80. The van der Waals surface area contributed by atoms with Crippen molar-refractivity contribution in [2.45, 2.75) is 67.8 Å². The molecular weight excluding hydrogens is 420 g/mol. The van der Waals surface area contributed by atoms with E-state index in [0.717, 1.165) is 0 Å². The predicted molar refractivity (Wildman–Crippen MR) is 104 cm³/mol. The van der Waals surface area contributed by atoms with E-state index in [1.54, 1.807) is 0 Å². The van der Waals surface area contributed by atoms with E-state index in [4.69, 9.17) is 18.9 Å². The van der Waals surface area contributed by atoms with Crippen LogP contribution >= 0.6 is 37.9 Å². The largest absolute Gasteiger partial charge is 0.388 e. The highest BCUT2D eigenvalue weighted by Gasteiger charge is 2.50. The lowest BCUT2D eigenvalue weighted by Crippen LogP contribution is -2.64. The molecule has 2 saturated heterocycles. The fraction of sp³-hybridized carbons (Fsp3) is 1.00. The Labute approximate surface area is 174 Å². The van der Waals surface area contributed by atoms with E-state index in [1.165, 1.54) is 0 Å². The number of aliphatic hydroxyl groups excluding tert-OH is 5. The van der Waals surface area contributed by atoms with Crippen LogP contribution in [0.15, 0.2) is 0 Å². The standard InChI is InChI=1S/C15H28O9S3/c16-8-6(4-26)22-15(11(19)9(8)17)24-13-7(5-27)23-14(12(20)10(13)18)21-2-1-3-25/h6-20,25-27H,1-5H2/t6?,7?,8-,9?,10?,11?,12?,13+,14+,15-/m0/s1. The van der Waals surface area contributed by atoms with Crippen LogP contribution in [0.5, 0.6) is 0 Å². The lowest BCUT2D eigenvalue weighted by molar-refractivity contribution is -0.351. The predicted octanol–water partition coefficient (Wildman–Crippen LogP) is -2.18. The van der Waals surface area contributed by atoms with E-state index in [9.17, 15) is 25.5 Å². The van der Waals surface area contributed by atoms with Crippen LogP contribution in [0.1, 0.15) is 6.42 Å². The van der Waals surface area contributed by atoms with Crippen molar-refractivity contribution in [3.05, 3.63) is 0 Å². The van der Waals surface area contributed by atoms with Crippen molar-refractivity contribution in [3.8, 4) is 0 Å². The van der Waals surface area contributed by atoms with Gasteiger partial charge < -0.3 is 44.5 Å². The van der Waals surface area contributed by atoms with Gasteiger partial charge in [0.25, 0.3) is 0 Å². The molecule has 2 rings (SSSR count). The summed E-state index contributed by atoms with van der Waals surface area (Å²) >= 11 is 12.3. The van der Waals surface area contributed by atoms with Crippen molar-refractivity contribution in [3.63, 3.8) is 0 Å². The first-order chi connectivity index (χ1) is 12.8. The Morgan fingerprint density at radius 3 is 1.89 bits per heavy atom. The summed E-state index contributed by atoms with van der Waals surface area (Å²) in [5.74, 6) is 0.809. The summed E-state index contributed by atoms with van der Waals surface area (Å²) in [6.45, 7) is 0.293. The van der Waals surface area contributed by atoms with Crippen LogP contribution in [-0.4, -0.2) is 111 Å². The third-order valence-corrected chi connectivity index (χ3v) is 5.58. The summed E-state index contributed by atoms with van der Waals surface area (Å²) in [6, 6.07) is 0. The van der Waals surface area contributed by atoms with Crippen molar-refractivity contribution < 1.29 is 44.5 Å². The van der Waals surface area contributed by atoms with E-state index in [2.05, 4.69) is 37.9 Å². The lowest BCUT2D eigenvalue weighted by atomic mass is 9.97. The highest BCUT2D eigenvalue weighted by Crippen LogP contribution is 2.30. The maximum atomic E-state index is 10.5. The molecule has 6 unspecified atom stereocenters. The molecule has 160 valence electrons. The van der Waals surface area contributed by atoms with Crippen LogP contribution in [0.3, 0.4) is 0 Å². The quantitative estimate of drug-likeness (QED) is 0.154. The average Bonchev–Trinajstić information content (AvgIpc) is 2.67. The van der Waals surface area contributed by atoms with E-state index < -0.39 is 61.4 Å². The summed E-state index contributed by atoms with van der Waals surface area (Å²) in [6.07, 6.45) is -11.8. The molecular formula is C15H28O9S3. The van der Waals surface area contributed by atoms with Gasteiger partial charge in [-0.15, -0.1) is 0 Å². The minimum atomic E-state index is -1.56. The van der Waals surface area contributed by atoms with E-state index in [-0.39, 0.29) is 11.5 Å². The number of aliphatic hydroxyl groups is 5. The first-order valence-electron chi connectivity index (χ1n) is 8.66. The molecule has 0 radical (unpaired) electrons. The molecule has 2 aliphatic rings. The first-order valence-corrected chi connectivity index (χ1v) is 10.6. The third kappa shape index (κ3) is 5.64. The van der Waals surface area contributed by atoms with Crippen LogP contribution in [0.2, 0.25) is 0 Å². The minimum Gasteiger partial charge on any atom is -0.388 e. The van der Waals surface area contributed by atoms with E-state index in [0.29, 0.717) is 18.8 Å². The number of hydrogen-bond acceptors (Lipinski definition) is 12. The van der Waals surface area contributed by atoms with Gasteiger partial charge in [-0.25, -0.2) is 0 Å². The summed E-state index contributed by atoms with van der Waals surface area (Å²) in [7, 11) is 0. The van der Waals surface area contributed by atoms with Crippen LogP contribution < -0.4 is 0 Å². The highest BCUT2D eigenvalue weighted by atomic mass is 32.1. The van der Waals surface area contributed by atoms with Gasteiger partial charge in [-0.3, -0.25) is 0 Å². The van der Waals surface area contributed by atoms with Crippen LogP contribution in [0.25, 0.3) is 0 Å². The van der Waals surface area contributed by atoms with Crippen molar-refractivity contribution in [1.29, 1.82) is 0 Å². The van der Waals surface area contributed by atoms with Gasteiger partial charge in [0.1, 0.15) is 36.6 Å². The Morgan fingerprint density at radius 1 is 0.704 bits per heavy atom. The molecule has 0 amide bonds. The summed E-state index contributed by atoms with van der Waals surface area (Å²) < 4.78 is 22.1. The van der Waals surface area contributed by atoms with E-state index >= 15 is 0 Å². The summed E-state index contributed by atoms with van der Waals surface area (Å²) in [4.78, 5) is 0. The Morgan fingerprint density at radius 2 is 1.30 bits per heavy atom. The number of hydrogen-bond donors (Lipinski definition) is 8. The van der Waals surface area contributed by atoms with Crippen molar-refractivity contribution in [1.82, 2.24) is 0 Å². The van der Waals surface area contributed by atoms with Gasteiger partial charge >= 0.3 is 0 Å². The molecule has 0 spiro atoms. The zero-order chi connectivity index (χ0) is 20.1. The van der Waals surface area contributed by atoms with E-state index in [1.807, 2.05) is 0 Å². The number of rotatable bonds is 8. The molecule has 0 aromatic heterocycles. The molecule has 0 bridgehead atoms. The van der Waals surface area contributed by atoms with Gasteiger partial charge in [0.2, 0.25) is 0 Å². The second-order valence-electron chi connectivity index (χ2n) is 6.45. The SMILES string of the molecule is OC1C(O)[C@@H](O)C(CS)O[C@H]1O[C@@H]1C(CS)O[C@@H](OCCCS)C(O)C1O. The second-order valence-corrected chi connectivity index (χ2v) is 7.63. The molecule has 27 heavy (non-hydrogen) atoms. The Balaban J connectivity index is 2.06. The summed E-state index contributed by atoms with van der Waals surface area (Å²) in [5.41, 5.74) is 0. The van der Waals surface area contributed by atoms with Crippen LogP contribution in [-0.2, 0) is 18.9 Å². The maximum absolute atomic E-state index is 10.5. The van der Waals surface area contributed by atoms with Gasteiger partial charge in [0.05, 0.1) is 18.8 Å². The monoisotopic (exact) mass is 448 g/mol. The zero-order valence-electron chi connectivity index (χ0n) is 14.5. The molecule has 2 fully saturated rings. The first kappa shape index (κ1) is 24.0. The lowest BCUT2D eigenvalue weighted by Gasteiger charge is -2.46. The van der Waals surface area contributed by atoms with Crippen molar-refractivity contribution in [2.75, 3.05) is 23.9 Å². The molecule has 12 heteroatoms. The molecule has 9 nitrogen and oxygen atoms in total. The van der Waals surface area contributed by atoms with Crippen LogP contribution in [0.4, 0.5) is 0 Å². The molecule has 0 aliphatic carbocycles. The number of ether oxygens (including phenoxy) is 4. The van der Waals surface area contributed by atoms with Gasteiger partial charge in [-0.05, 0) is 12.2 Å². The molecule has 0 saturated carbocycles. The molecule has 10 atom stereocenters. The van der Waals surface area contributed by atoms with Crippen molar-refractivity contribution >= 4 is 37.9 Å². The van der Waals surface area contributed by atoms with Gasteiger partial charge in [0.15, 0.2) is 12.6 Å². The third-order valence-electron chi connectivity index (χ3n) is 4.54. The molecule has 2 aliphatic heterocycles. The maximum Gasteiger partial charge on any atom is 0.187 e. The average molecular weight is 449 g/mol. The second kappa shape index (κ2) is 11.2. The van der Waals surface area contributed by atoms with Crippen molar-refractivity contribution in [2.24, 2.45) is 0 Å². The van der Waals surface area contributed by atoms with Gasteiger partial charge in [-0.2, -0.15) is 37.9 Å². The normalized spacial score (nSPS) is 45.8. The minimum absolute atomic E-state index is 0.0776. The smallest absolute Gasteiger partial charge is 0.187 e. The topological polar surface area (TPSA) is 138 Å². The molecule has 0 aromatic carbocycles. The fourth-order valence-corrected chi connectivity index (χ4v) is 3.68. The molecule has 0 aromatic rings.